The summed E-state index contributed by atoms with van der Waals surface area (Å²) in [6, 6.07) is 8.77. The van der Waals surface area contributed by atoms with E-state index >= 15 is 0 Å². The van der Waals surface area contributed by atoms with E-state index in [1.54, 1.807) is 37.7 Å². The molecule has 1 heterocycles. The van der Waals surface area contributed by atoms with Gasteiger partial charge in [0, 0.05) is 23.4 Å². The Morgan fingerprint density at radius 3 is 2.70 bits per heavy atom. The molecule has 2 aromatic rings. The minimum atomic E-state index is -0.271. The zero-order chi connectivity index (χ0) is 14.4. The average Bonchev–Trinajstić information content (AvgIpc) is 2.48. The highest BCUT2D eigenvalue weighted by Gasteiger charge is 2.06. The van der Waals surface area contributed by atoms with Gasteiger partial charge in [-0.2, -0.15) is 0 Å². The average molecular weight is 336 g/mol. The fourth-order valence-corrected chi connectivity index (χ4v) is 2.03. The molecule has 2 rings (SSSR count). The first kappa shape index (κ1) is 14.3. The van der Waals surface area contributed by atoms with E-state index in [0.29, 0.717) is 12.2 Å². The van der Waals surface area contributed by atoms with Gasteiger partial charge in [0.25, 0.3) is 0 Å². The Labute approximate surface area is 125 Å². The summed E-state index contributed by atoms with van der Waals surface area (Å²) < 4.78 is 5.86. The Morgan fingerprint density at radius 2 is 2.05 bits per heavy atom. The van der Waals surface area contributed by atoms with Crippen LogP contribution in [0.3, 0.4) is 0 Å². The molecule has 1 aromatic heterocycles. The second-order valence-corrected chi connectivity index (χ2v) is 4.86. The van der Waals surface area contributed by atoms with Crippen LogP contribution in [-0.4, -0.2) is 18.1 Å². The molecular weight excluding hydrogens is 322 g/mol. The first-order chi connectivity index (χ1) is 9.69. The lowest BCUT2D eigenvalue weighted by atomic mass is 10.3. The van der Waals surface area contributed by atoms with Gasteiger partial charge >= 0.3 is 6.03 Å². The van der Waals surface area contributed by atoms with Crippen molar-refractivity contribution in [3.63, 3.8) is 0 Å². The van der Waals surface area contributed by atoms with Crippen molar-refractivity contribution >= 4 is 27.6 Å². The molecule has 104 valence electrons. The van der Waals surface area contributed by atoms with Gasteiger partial charge in [0.2, 0.25) is 0 Å². The molecule has 0 aliphatic heterocycles. The van der Waals surface area contributed by atoms with Crippen molar-refractivity contribution in [3.8, 4) is 5.75 Å². The third-order valence-corrected chi connectivity index (χ3v) is 3.28. The highest BCUT2D eigenvalue weighted by Crippen LogP contribution is 2.26. The molecule has 0 atom stereocenters. The summed E-state index contributed by atoms with van der Waals surface area (Å²) in [7, 11) is 1.59. The summed E-state index contributed by atoms with van der Waals surface area (Å²) in [6.45, 7) is 0.447. The number of amides is 2. The molecule has 20 heavy (non-hydrogen) atoms. The number of urea groups is 1. The highest BCUT2D eigenvalue weighted by molar-refractivity contribution is 9.10. The van der Waals surface area contributed by atoms with E-state index in [1.807, 2.05) is 12.1 Å². The Hall–Kier alpha value is -2.08. The SMILES string of the molecule is COc1ccc(NC(=O)NCc2ccncc2)c(Br)c1. The number of pyridine rings is 1. The van der Waals surface area contributed by atoms with Crippen molar-refractivity contribution < 1.29 is 9.53 Å². The maximum atomic E-state index is 11.8. The molecule has 0 aliphatic rings. The van der Waals surface area contributed by atoms with Gasteiger partial charge in [0.1, 0.15) is 5.75 Å². The number of rotatable bonds is 4. The Bertz CT molecular complexity index is 590. The third kappa shape index (κ3) is 3.96. The smallest absolute Gasteiger partial charge is 0.319 e. The number of carbonyl (C=O) groups excluding carboxylic acids is 1. The minimum absolute atomic E-state index is 0.271. The fourth-order valence-electron chi connectivity index (χ4n) is 1.57. The van der Waals surface area contributed by atoms with Gasteiger partial charge in [-0.1, -0.05) is 0 Å². The fraction of sp³-hybridized carbons (Fsp3) is 0.143. The van der Waals surface area contributed by atoms with E-state index in [-0.39, 0.29) is 6.03 Å². The van der Waals surface area contributed by atoms with Crippen molar-refractivity contribution in [2.24, 2.45) is 0 Å². The predicted octanol–water partition coefficient (Wildman–Crippen LogP) is 3.17. The number of aromatic nitrogens is 1. The van der Waals surface area contributed by atoms with Gasteiger partial charge in [-0.3, -0.25) is 4.98 Å². The maximum Gasteiger partial charge on any atom is 0.319 e. The van der Waals surface area contributed by atoms with Crippen LogP contribution in [0, 0.1) is 0 Å². The van der Waals surface area contributed by atoms with Crippen molar-refractivity contribution in [2.75, 3.05) is 12.4 Å². The second-order valence-electron chi connectivity index (χ2n) is 4.01. The quantitative estimate of drug-likeness (QED) is 0.901. The maximum absolute atomic E-state index is 11.8. The Morgan fingerprint density at radius 1 is 1.30 bits per heavy atom. The summed E-state index contributed by atoms with van der Waals surface area (Å²) in [4.78, 5) is 15.7. The van der Waals surface area contributed by atoms with Crippen LogP contribution >= 0.6 is 15.9 Å². The largest absolute Gasteiger partial charge is 0.497 e. The van der Waals surface area contributed by atoms with E-state index in [1.165, 1.54) is 0 Å². The molecule has 0 bridgehead atoms. The number of carbonyl (C=O) groups is 1. The van der Waals surface area contributed by atoms with Gasteiger partial charge in [-0.25, -0.2) is 4.79 Å². The lowest BCUT2D eigenvalue weighted by molar-refractivity contribution is 0.251. The Kier molecular flexibility index (Phi) is 4.95. The summed E-state index contributed by atoms with van der Waals surface area (Å²) >= 11 is 3.38. The molecule has 2 N–H and O–H groups in total. The zero-order valence-corrected chi connectivity index (χ0v) is 12.5. The summed E-state index contributed by atoms with van der Waals surface area (Å²) in [5, 5.41) is 5.54. The number of halogens is 1. The summed E-state index contributed by atoms with van der Waals surface area (Å²) in [5.74, 6) is 0.722. The summed E-state index contributed by atoms with van der Waals surface area (Å²) in [5.41, 5.74) is 1.67. The molecule has 6 heteroatoms. The normalized spacial score (nSPS) is 9.90. The van der Waals surface area contributed by atoms with Crippen LogP contribution in [0.1, 0.15) is 5.56 Å². The number of hydrogen-bond donors (Lipinski definition) is 2. The van der Waals surface area contributed by atoms with Crippen molar-refractivity contribution in [1.29, 1.82) is 0 Å². The lowest BCUT2D eigenvalue weighted by Gasteiger charge is -2.10. The number of hydrogen-bond acceptors (Lipinski definition) is 3. The van der Waals surface area contributed by atoms with Crippen LogP contribution in [0.4, 0.5) is 10.5 Å². The monoisotopic (exact) mass is 335 g/mol. The number of nitrogens with zero attached hydrogens (tertiary/aromatic N) is 1. The molecule has 2 amide bonds. The molecule has 0 radical (unpaired) electrons. The lowest BCUT2D eigenvalue weighted by Crippen LogP contribution is -2.28. The van der Waals surface area contributed by atoms with Crippen LogP contribution in [-0.2, 0) is 6.54 Å². The van der Waals surface area contributed by atoms with Crippen LogP contribution in [0.5, 0.6) is 5.75 Å². The van der Waals surface area contributed by atoms with Gasteiger partial charge in [-0.05, 0) is 51.8 Å². The van der Waals surface area contributed by atoms with Gasteiger partial charge in [-0.15, -0.1) is 0 Å². The van der Waals surface area contributed by atoms with Crippen molar-refractivity contribution in [2.45, 2.75) is 6.54 Å². The number of ether oxygens (including phenoxy) is 1. The van der Waals surface area contributed by atoms with E-state index < -0.39 is 0 Å². The number of anilines is 1. The summed E-state index contributed by atoms with van der Waals surface area (Å²) in [6.07, 6.45) is 3.38. The third-order valence-electron chi connectivity index (χ3n) is 2.63. The standard InChI is InChI=1S/C14H14BrN3O2/c1-20-11-2-3-13(12(15)8-11)18-14(19)17-9-10-4-6-16-7-5-10/h2-8H,9H2,1H3,(H2,17,18,19). The van der Waals surface area contributed by atoms with E-state index in [4.69, 9.17) is 4.74 Å². The van der Waals surface area contributed by atoms with Crippen LogP contribution in [0.25, 0.3) is 0 Å². The molecule has 5 nitrogen and oxygen atoms in total. The number of benzene rings is 1. The molecule has 0 spiro atoms. The highest BCUT2D eigenvalue weighted by atomic mass is 79.9. The van der Waals surface area contributed by atoms with Gasteiger partial charge < -0.3 is 15.4 Å². The zero-order valence-electron chi connectivity index (χ0n) is 10.9. The first-order valence-electron chi connectivity index (χ1n) is 5.96. The molecule has 0 unspecified atom stereocenters. The van der Waals surface area contributed by atoms with E-state index in [9.17, 15) is 4.79 Å². The van der Waals surface area contributed by atoms with E-state index in [0.717, 1.165) is 15.8 Å². The minimum Gasteiger partial charge on any atom is -0.497 e. The molecule has 0 aliphatic carbocycles. The van der Waals surface area contributed by atoms with Gasteiger partial charge in [0.05, 0.1) is 12.8 Å². The topological polar surface area (TPSA) is 63.2 Å². The van der Waals surface area contributed by atoms with E-state index in [2.05, 4.69) is 31.5 Å². The predicted molar refractivity (Wildman–Crippen MR) is 80.8 cm³/mol. The molecule has 0 fully saturated rings. The number of methoxy groups -OCH3 is 1. The number of nitrogens with one attached hydrogen (secondary N) is 2. The van der Waals surface area contributed by atoms with Crippen molar-refractivity contribution in [3.05, 3.63) is 52.8 Å². The second kappa shape index (κ2) is 6.91. The molecule has 1 aromatic carbocycles. The van der Waals surface area contributed by atoms with Crippen LogP contribution < -0.4 is 15.4 Å². The van der Waals surface area contributed by atoms with Crippen LogP contribution in [0.15, 0.2) is 47.2 Å². The molecule has 0 saturated carbocycles. The van der Waals surface area contributed by atoms with Crippen molar-refractivity contribution in [1.82, 2.24) is 10.3 Å². The Balaban J connectivity index is 1.91. The van der Waals surface area contributed by atoms with Crippen LogP contribution in [0.2, 0.25) is 0 Å². The van der Waals surface area contributed by atoms with Gasteiger partial charge in [0.15, 0.2) is 0 Å². The molecule has 0 saturated heterocycles. The molecular formula is C14H14BrN3O2. The first-order valence-corrected chi connectivity index (χ1v) is 6.75.